The van der Waals surface area contributed by atoms with Crippen LogP contribution in [0.4, 0.5) is 4.39 Å². The van der Waals surface area contributed by atoms with Crippen molar-refractivity contribution in [2.45, 2.75) is 30.7 Å². The minimum atomic E-state index is -3.52. The van der Waals surface area contributed by atoms with Crippen LogP contribution in [0, 0.1) is 18.7 Å². The molecule has 2 fully saturated rings. The molecule has 2 heterocycles. The van der Waals surface area contributed by atoms with Crippen molar-refractivity contribution >= 4 is 10.0 Å². The first kappa shape index (κ1) is 14.0. The SMILES string of the molecule is Cc1cc(F)ccc1S(=O)(=O)N1CC2CCCNC2C1. The first-order chi connectivity index (χ1) is 9.48. The molecule has 1 aromatic rings. The van der Waals surface area contributed by atoms with Crippen molar-refractivity contribution in [2.24, 2.45) is 5.92 Å². The van der Waals surface area contributed by atoms with E-state index >= 15 is 0 Å². The predicted octanol–water partition coefficient (Wildman–Crippen LogP) is 1.51. The van der Waals surface area contributed by atoms with Gasteiger partial charge in [-0.3, -0.25) is 0 Å². The Morgan fingerprint density at radius 3 is 2.85 bits per heavy atom. The van der Waals surface area contributed by atoms with Crippen LogP contribution in [-0.2, 0) is 10.0 Å². The lowest BCUT2D eigenvalue weighted by molar-refractivity contribution is 0.339. The van der Waals surface area contributed by atoms with Crippen molar-refractivity contribution in [2.75, 3.05) is 19.6 Å². The molecule has 0 radical (unpaired) electrons. The Labute approximate surface area is 119 Å². The molecular weight excluding hydrogens is 279 g/mol. The Kier molecular flexibility index (Phi) is 3.56. The van der Waals surface area contributed by atoms with Crippen LogP contribution in [-0.4, -0.2) is 38.4 Å². The van der Waals surface area contributed by atoms with E-state index < -0.39 is 15.8 Å². The predicted molar refractivity (Wildman–Crippen MR) is 74.4 cm³/mol. The van der Waals surface area contributed by atoms with Gasteiger partial charge in [0.1, 0.15) is 5.82 Å². The van der Waals surface area contributed by atoms with Crippen LogP contribution in [0.2, 0.25) is 0 Å². The molecule has 0 spiro atoms. The summed E-state index contributed by atoms with van der Waals surface area (Å²) in [5, 5.41) is 3.39. The summed E-state index contributed by atoms with van der Waals surface area (Å²) < 4.78 is 40.0. The second-order valence-electron chi connectivity index (χ2n) is 5.69. The van der Waals surface area contributed by atoms with E-state index in [0.29, 0.717) is 24.6 Å². The molecule has 3 rings (SSSR count). The van der Waals surface area contributed by atoms with Gasteiger partial charge >= 0.3 is 0 Å². The normalized spacial score (nSPS) is 27.5. The number of hydrogen-bond donors (Lipinski definition) is 1. The minimum Gasteiger partial charge on any atom is -0.312 e. The first-order valence-corrected chi connectivity index (χ1v) is 8.42. The number of aryl methyl sites for hydroxylation is 1. The van der Waals surface area contributed by atoms with Gasteiger partial charge in [0.2, 0.25) is 10.0 Å². The zero-order valence-electron chi connectivity index (χ0n) is 11.5. The lowest BCUT2D eigenvalue weighted by atomic mass is 9.94. The fourth-order valence-electron chi connectivity index (χ4n) is 3.24. The van der Waals surface area contributed by atoms with E-state index in [1.54, 1.807) is 11.2 Å². The Balaban J connectivity index is 1.89. The summed E-state index contributed by atoms with van der Waals surface area (Å²) in [6.07, 6.45) is 2.18. The van der Waals surface area contributed by atoms with Crippen molar-refractivity contribution in [3.05, 3.63) is 29.6 Å². The van der Waals surface area contributed by atoms with Crippen LogP contribution < -0.4 is 5.32 Å². The molecule has 0 aliphatic carbocycles. The quantitative estimate of drug-likeness (QED) is 0.900. The fraction of sp³-hybridized carbons (Fsp3) is 0.571. The van der Waals surface area contributed by atoms with Gasteiger partial charge < -0.3 is 5.32 Å². The third-order valence-electron chi connectivity index (χ3n) is 4.32. The molecule has 2 saturated heterocycles. The van der Waals surface area contributed by atoms with Gasteiger partial charge in [0, 0.05) is 19.1 Å². The number of nitrogens with one attached hydrogen (secondary N) is 1. The largest absolute Gasteiger partial charge is 0.312 e. The van der Waals surface area contributed by atoms with Crippen LogP contribution in [0.25, 0.3) is 0 Å². The summed E-state index contributed by atoms with van der Waals surface area (Å²) in [4.78, 5) is 0.220. The highest BCUT2D eigenvalue weighted by Gasteiger charge is 2.40. The van der Waals surface area contributed by atoms with E-state index in [4.69, 9.17) is 0 Å². The van der Waals surface area contributed by atoms with Crippen molar-refractivity contribution in [3.63, 3.8) is 0 Å². The standard InChI is InChI=1S/C14H19FN2O2S/c1-10-7-12(15)4-5-14(10)20(18,19)17-8-11-3-2-6-16-13(11)9-17/h4-5,7,11,13,16H,2-3,6,8-9H2,1H3. The molecule has 0 saturated carbocycles. The Bertz CT molecular complexity index is 604. The van der Waals surface area contributed by atoms with E-state index in [1.807, 2.05) is 0 Å². The van der Waals surface area contributed by atoms with Gasteiger partial charge in [-0.15, -0.1) is 0 Å². The van der Waals surface area contributed by atoms with Crippen molar-refractivity contribution in [1.29, 1.82) is 0 Å². The lowest BCUT2D eigenvalue weighted by Crippen LogP contribution is -2.41. The number of hydrogen-bond acceptors (Lipinski definition) is 3. The molecule has 2 aliphatic rings. The Morgan fingerprint density at radius 1 is 1.35 bits per heavy atom. The van der Waals surface area contributed by atoms with Crippen LogP contribution in [0.3, 0.4) is 0 Å². The highest BCUT2D eigenvalue weighted by molar-refractivity contribution is 7.89. The van der Waals surface area contributed by atoms with Crippen molar-refractivity contribution in [1.82, 2.24) is 9.62 Å². The maximum absolute atomic E-state index is 13.1. The van der Waals surface area contributed by atoms with Gasteiger partial charge in [-0.1, -0.05) is 0 Å². The van der Waals surface area contributed by atoms with Gasteiger partial charge in [0.15, 0.2) is 0 Å². The average molecular weight is 298 g/mol. The number of nitrogens with zero attached hydrogens (tertiary/aromatic N) is 1. The second kappa shape index (κ2) is 5.09. The molecule has 6 heteroatoms. The Hall–Kier alpha value is -0.980. The molecule has 0 amide bonds. The topological polar surface area (TPSA) is 49.4 Å². The van der Waals surface area contributed by atoms with Gasteiger partial charge in [-0.2, -0.15) is 4.31 Å². The zero-order chi connectivity index (χ0) is 14.3. The Morgan fingerprint density at radius 2 is 2.15 bits per heavy atom. The highest BCUT2D eigenvalue weighted by atomic mass is 32.2. The molecule has 4 nitrogen and oxygen atoms in total. The van der Waals surface area contributed by atoms with Gasteiger partial charge in [-0.25, -0.2) is 12.8 Å². The maximum Gasteiger partial charge on any atom is 0.243 e. The third-order valence-corrected chi connectivity index (χ3v) is 6.31. The monoisotopic (exact) mass is 298 g/mol. The molecule has 1 aromatic carbocycles. The van der Waals surface area contributed by atoms with E-state index in [9.17, 15) is 12.8 Å². The molecular formula is C14H19FN2O2S. The summed E-state index contributed by atoms with van der Waals surface area (Å²) in [6.45, 7) is 3.68. The van der Waals surface area contributed by atoms with Crippen LogP contribution in [0.1, 0.15) is 18.4 Å². The van der Waals surface area contributed by atoms with E-state index in [2.05, 4.69) is 5.32 Å². The van der Waals surface area contributed by atoms with Gasteiger partial charge in [-0.05, 0) is 56.0 Å². The average Bonchev–Trinajstić information content (AvgIpc) is 2.82. The van der Waals surface area contributed by atoms with Crippen molar-refractivity contribution in [3.8, 4) is 0 Å². The number of piperidine rings is 1. The number of sulfonamides is 1. The summed E-state index contributed by atoms with van der Waals surface area (Å²) in [7, 11) is -3.52. The van der Waals surface area contributed by atoms with E-state index in [-0.39, 0.29) is 10.9 Å². The smallest absolute Gasteiger partial charge is 0.243 e. The number of rotatable bonds is 2. The summed E-state index contributed by atoms with van der Waals surface area (Å²) in [6, 6.07) is 4.12. The van der Waals surface area contributed by atoms with Crippen LogP contribution in [0.15, 0.2) is 23.1 Å². The van der Waals surface area contributed by atoms with E-state index in [0.717, 1.165) is 19.4 Å². The fourth-order valence-corrected chi connectivity index (χ4v) is 4.97. The van der Waals surface area contributed by atoms with Crippen molar-refractivity contribution < 1.29 is 12.8 Å². The third kappa shape index (κ3) is 2.36. The van der Waals surface area contributed by atoms with Gasteiger partial charge in [0.25, 0.3) is 0 Å². The molecule has 20 heavy (non-hydrogen) atoms. The number of benzene rings is 1. The second-order valence-corrected chi connectivity index (χ2v) is 7.60. The number of fused-ring (bicyclic) bond motifs is 1. The molecule has 2 atom stereocenters. The molecule has 0 aromatic heterocycles. The lowest BCUT2D eigenvalue weighted by Gasteiger charge is -2.24. The zero-order valence-corrected chi connectivity index (χ0v) is 12.3. The minimum absolute atomic E-state index is 0.220. The molecule has 0 bridgehead atoms. The number of halogens is 1. The maximum atomic E-state index is 13.1. The summed E-state index contributed by atoms with van der Waals surface area (Å²) in [5.41, 5.74) is 0.466. The van der Waals surface area contributed by atoms with Crippen LogP contribution >= 0.6 is 0 Å². The molecule has 2 aliphatic heterocycles. The van der Waals surface area contributed by atoms with E-state index in [1.165, 1.54) is 18.2 Å². The molecule has 2 unspecified atom stereocenters. The molecule has 110 valence electrons. The van der Waals surface area contributed by atoms with Gasteiger partial charge in [0.05, 0.1) is 4.90 Å². The highest BCUT2D eigenvalue weighted by Crippen LogP contribution is 2.30. The molecule has 1 N–H and O–H groups in total. The first-order valence-electron chi connectivity index (χ1n) is 6.98. The van der Waals surface area contributed by atoms with Crippen LogP contribution in [0.5, 0.6) is 0 Å². The summed E-state index contributed by atoms with van der Waals surface area (Å²) in [5.74, 6) is -0.00233. The summed E-state index contributed by atoms with van der Waals surface area (Å²) >= 11 is 0.